The van der Waals surface area contributed by atoms with E-state index in [2.05, 4.69) is 20.8 Å². The molecule has 1 aromatic heterocycles. The summed E-state index contributed by atoms with van der Waals surface area (Å²) in [5.74, 6) is 0.747. The van der Waals surface area contributed by atoms with Gasteiger partial charge in [-0.15, -0.1) is 10.2 Å². The van der Waals surface area contributed by atoms with E-state index < -0.39 is 0 Å². The first-order valence-corrected chi connectivity index (χ1v) is 10.7. The van der Waals surface area contributed by atoms with Crippen LogP contribution in [0.1, 0.15) is 32.1 Å². The summed E-state index contributed by atoms with van der Waals surface area (Å²) >= 11 is 2.57. The zero-order valence-corrected chi connectivity index (χ0v) is 16.7. The predicted octanol–water partition coefficient (Wildman–Crippen LogP) is 3.80. The van der Waals surface area contributed by atoms with Crippen molar-refractivity contribution in [2.75, 3.05) is 23.5 Å². The van der Waals surface area contributed by atoms with Gasteiger partial charge >= 0.3 is 0 Å². The van der Waals surface area contributed by atoms with Crippen LogP contribution in [0.2, 0.25) is 0 Å². The number of hydrogen-bond acceptors (Lipinski definition) is 7. The third-order valence-electron chi connectivity index (χ3n) is 4.32. The van der Waals surface area contributed by atoms with Gasteiger partial charge in [-0.1, -0.05) is 54.5 Å². The molecule has 0 aliphatic heterocycles. The molecule has 0 spiro atoms. The van der Waals surface area contributed by atoms with E-state index in [9.17, 15) is 9.59 Å². The Balaban J connectivity index is 1.47. The molecule has 144 valence electrons. The minimum absolute atomic E-state index is 0.0244. The largest absolute Gasteiger partial charge is 0.495 e. The number of nitrogens with zero attached hydrogens (tertiary/aromatic N) is 2. The van der Waals surface area contributed by atoms with Crippen LogP contribution in [0.4, 0.5) is 10.8 Å². The van der Waals surface area contributed by atoms with Crippen LogP contribution < -0.4 is 15.4 Å². The van der Waals surface area contributed by atoms with E-state index >= 15 is 0 Å². The number of thioether (sulfide) groups is 1. The van der Waals surface area contributed by atoms with E-state index in [0.29, 0.717) is 20.9 Å². The molecule has 1 aromatic carbocycles. The van der Waals surface area contributed by atoms with Crippen molar-refractivity contribution in [1.82, 2.24) is 10.2 Å². The molecule has 27 heavy (non-hydrogen) atoms. The summed E-state index contributed by atoms with van der Waals surface area (Å²) in [5, 5.41) is 14.2. The average Bonchev–Trinajstić information content (AvgIpc) is 3.15. The first kappa shape index (κ1) is 19.6. The molecule has 9 heteroatoms. The number of ether oxygens (including phenoxy) is 1. The number of benzene rings is 1. The molecule has 1 fully saturated rings. The summed E-state index contributed by atoms with van der Waals surface area (Å²) in [7, 11) is 1.56. The number of hydrogen-bond donors (Lipinski definition) is 2. The van der Waals surface area contributed by atoms with Gasteiger partial charge in [0.15, 0.2) is 4.34 Å². The van der Waals surface area contributed by atoms with Crippen molar-refractivity contribution in [1.29, 1.82) is 0 Å². The lowest BCUT2D eigenvalue weighted by molar-refractivity contribution is -0.120. The Morgan fingerprint density at radius 2 is 1.96 bits per heavy atom. The summed E-state index contributed by atoms with van der Waals surface area (Å²) in [6, 6.07) is 7.24. The van der Waals surface area contributed by atoms with Crippen LogP contribution in [-0.4, -0.2) is 34.9 Å². The van der Waals surface area contributed by atoms with Crippen molar-refractivity contribution in [3.8, 4) is 5.75 Å². The van der Waals surface area contributed by atoms with Gasteiger partial charge in [0.05, 0.1) is 18.6 Å². The number of rotatable bonds is 7. The minimum atomic E-state index is -0.160. The number of carbonyl (C=O) groups excluding carboxylic acids is 2. The molecule has 3 rings (SSSR count). The predicted molar refractivity (Wildman–Crippen MR) is 107 cm³/mol. The van der Waals surface area contributed by atoms with E-state index in [0.717, 1.165) is 25.7 Å². The summed E-state index contributed by atoms with van der Waals surface area (Å²) < 4.78 is 5.86. The maximum absolute atomic E-state index is 12.3. The lowest BCUT2D eigenvalue weighted by Crippen LogP contribution is -2.24. The number of nitrogens with one attached hydrogen (secondary N) is 2. The fourth-order valence-corrected chi connectivity index (χ4v) is 4.51. The molecule has 0 bridgehead atoms. The fourth-order valence-electron chi connectivity index (χ4n) is 2.95. The monoisotopic (exact) mass is 406 g/mol. The molecule has 0 atom stereocenters. The summed E-state index contributed by atoms with van der Waals surface area (Å²) in [6.07, 6.45) is 5.30. The van der Waals surface area contributed by atoms with Gasteiger partial charge in [0.25, 0.3) is 0 Å². The van der Waals surface area contributed by atoms with Crippen LogP contribution in [-0.2, 0) is 9.59 Å². The number of methoxy groups -OCH3 is 1. The van der Waals surface area contributed by atoms with Crippen molar-refractivity contribution < 1.29 is 14.3 Å². The topological polar surface area (TPSA) is 93.2 Å². The highest BCUT2D eigenvalue weighted by Gasteiger charge is 2.22. The minimum Gasteiger partial charge on any atom is -0.495 e. The fraction of sp³-hybridized carbons (Fsp3) is 0.444. The molecule has 0 saturated heterocycles. The van der Waals surface area contributed by atoms with Crippen molar-refractivity contribution in [3.63, 3.8) is 0 Å². The van der Waals surface area contributed by atoms with E-state index in [1.54, 1.807) is 19.2 Å². The van der Waals surface area contributed by atoms with Crippen LogP contribution in [0.3, 0.4) is 0 Å². The Bertz CT molecular complexity index is 790. The van der Waals surface area contributed by atoms with E-state index in [4.69, 9.17) is 4.74 Å². The molecule has 1 saturated carbocycles. The number of carbonyl (C=O) groups is 2. The maximum atomic E-state index is 12.3. The Kier molecular flexibility index (Phi) is 7.05. The van der Waals surface area contributed by atoms with Crippen molar-refractivity contribution in [3.05, 3.63) is 24.3 Å². The van der Waals surface area contributed by atoms with Gasteiger partial charge in [-0.3, -0.25) is 9.59 Å². The number of anilines is 2. The zero-order chi connectivity index (χ0) is 19.1. The molecular weight excluding hydrogens is 384 g/mol. The number of amides is 2. The third-order valence-corrected chi connectivity index (χ3v) is 6.29. The van der Waals surface area contributed by atoms with E-state index in [1.807, 2.05) is 12.1 Å². The third kappa shape index (κ3) is 5.67. The Labute approximate surface area is 166 Å². The van der Waals surface area contributed by atoms with Crippen LogP contribution >= 0.6 is 23.1 Å². The normalized spacial score (nSPS) is 14.6. The Morgan fingerprint density at radius 1 is 1.19 bits per heavy atom. The average molecular weight is 407 g/mol. The molecule has 2 N–H and O–H groups in total. The van der Waals surface area contributed by atoms with Gasteiger partial charge in [0, 0.05) is 5.92 Å². The quantitative estimate of drug-likeness (QED) is 0.537. The molecule has 0 radical (unpaired) electrons. The second kappa shape index (κ2) is 9.70. The highest BCUT2D eigenvalue weighted by atomic mass is 32.2. The summed E-state index contributed by atoms with van der Waals surface area (Å²) in [4.78, 5) is 24.4. The highest BCUT2D eigenvalue weighted by molar-refractivity contribution is 8.01. The van der Waals surface area contributed by atoms with E-state index in [1.165, 1.54) is 29.5 Å². The van der Waals surface area contributed by atoms with Crippen molar-refractivity contribution in [2.24, 2.45) is 5.92 Å². The van der Waals surface area contributed by atoms with Crippen LogP contribution in [0.25, 0.3) is 0 Å². The maximum Gasteiger partial charge on any atom is 0.234 e. The molecule has 1 aliphatic carbocycles. The first-order valence-electron chi connectivity index (χ1n) is 8.85. The first-order chi connectivity index (χ1) is 13.2. The molecule has 2 aromatic rings. The second-order valence-corrected chi connectivity index (χ2v) is 8.43. The van der Waals surface area contributed by atoms with Gasteiger partial charge in [0.2, 0.25) is 16.9 Å². The SMILES string of the molecule is COc1ccccc1NC(=O)CSc1nnc(NC(=O)C2CCCCC2)s1. The molecular formula is C18H22N4O3S2. The van der Waals surface area contributed by atoms with Crippen molar-refractivity contribution >= 4 is 45.7 Å². The summed E-state index contributed by atoms with van der Waals surface area (Å²) in [6.45, 7) is 0. The van der Waals surface area contributed by atoms with Gasteiger partial charge in [-0.05, 0) is 25.0 Å². The van der Waals surface area contributed by atoms with Gasteiger partial charge < -0.3 is 15.4 Å². The second-order valence-electron chi connectivity index (χ2n) is 6.23. The molecule has 1 heterocycles. The zero-order valence-electron chi connectivity index (χ0n) is 15.1. The van der Waals surface area contributed by atoms with Crippen LogP contribution in [0, 0.1) is 5.92 Å². The van der Waals surface area contributed by atoms with Gasteiger partial charge in [0.1, 0.15) is 5.75 Å². The lowest BCUT2D eigenvalue weighted by Gasteiger charge is -2.19. The molecule has 7 nitrogen and oxygen atoms in total. The lowest BCUT2D eigenvalue weighted by atomic mass is 9.89. The van der Waals surface area contributed by atoms with Crippen LogP contribution in [0.5, 0.6) is 5.75 Å². The van der Waals surface area contributed by atoms with E-state index in [-0.39, 0.29) is 23.5 Å². The molecule has 1 aliphatic rings. The molecule has 2 amide bonds. The summed E-state index contributed by atoms with van der Waals surface area (Å²) in [5.41, 5.74) is 0.628. The van der Waals surface area contributed by atoms with Gasteiger partial charge in [-0.2, -0.15) is 0 Å². The highest BCUT2D eigenvalue weighted by Crippen LogP contribution is 2.29. The van der Waals surface area contributed by atoms with Crippen molar-refractivity contribution in [2.45, 2.75) is 36.4 Å². The Morgan fingerprint density at radius 3 is 2.74 bits per heavy atom. The number of aromatic nitrogens is 2. The smallest absolute Gasteiger partial charge is 0.234 e. The number of para-hydroxylation sites is 2. The van der Waals surface area contributed by atoms with Crippen LogP contribution in [0.15, 0.2) is 28.6 Å². The standard InChI is InChI=1S/C18H22N4O3S2/c1-25-14-10-6-5-9-13(14)19-15(23)11-26-18-22-21-17(27-18)20-16(24)12-7-3-2-4-8-12/h5-6,9-10,12H,2-4,7-8,11H2,1H3,(H,19,23)(H,20,21,24). The molecule has 0 unspecified atom stereocenters. The van der Waals surface area contributed by atoms with Gasteiger partial charge in [-0.25, -0.2) is 0 Å². The Hall–Kier alpha value is -2.13.